The third-order valence-corrected chi connectivity index (χ3v) is 9.33. The molecule has 4 heterocycles. The quantitative estimate of drug-likeness (QED) is 0.219. The summed E-state index contributed by atoms with van der Waals surface area (Å²) in [4.78, 5) is 52.4. The third-order valence-electron chi connectivity index (χ3n) is 9.33. The maximum atomic E-state index is 12.2. The Morgan fingerprint density at radius 2 is 0.907 bits per heavy atom. The topological polar surface area (TPSA) is 165 Å². The van der Waals surface area contributed by atoms with Crippen LogP contribution in [0.25, 0.3) is 0 Å². The number of H-pyrrole nitrogens is 2. The van der Waals surface area contributed by atoms with Crippen LogP contribution in [0.1, 0.15) is 49.9 Å². The molecule has 0 spiro atoms. The molecule has 2 aromatic carbocycles. The van der Waals surface area contributed by atoms with Crippen molar-refractivity contribution in [3.8, 4) is 0 Å². The van der Waals surface area contributed by atoms with Crippen LogP contribution in [-0.2, 0) is 54.7 Å². The van der Waals surface area contributed by atoms with Gasteiger partial charge in [-0.2, -0.15) is 0 Å². The van der Waals surface area contributed by atoms with E-state index in [1.165, 1.54) is 9.13 Å². The smallest absolute Gasteiger partial charge is 0.328 e. The van der Waals surface area contributed by atoms with Crippen LogP contribution in [0.15, 0.2) is 92.2 Å². The number of nitrogens with one attached hydrogen (secondary N) is 2. The van der Waals surface area contributed by atoms with Gasteiger partial charge >= 0.3 is 11.4 Å². The monoisotopic (exact) mass is 748 g/mol. The molecule has 0 amide bonds. The Kier molecular flexibility index (Phi) is 13.1. The molecule has 2 saturated heterocycles. The first kappa shape index (κ1) is 40.7. The summed E-state index contributed by atoms with van der Waals surface area (Å²) >= 11 is 0. The fourth-order valence-electron chi connectivity index (χ4n) is 6.03. The van der Waals surface area contributed by atoms with Crippen molar-refractivity contribution >= 4 is 0 Å². The van der Waals surface area contributed by atoms with Gasteiger partial charge in [0.15, 0.2) is 11.6 Å². The van der Waals surface area contributed by atoms with Crippen LogP contribution >= 0.6 is 0 Å². The highest BCUT2D eigenvalue weighted by molar-refractivity contribution is 5.14. The number of hydrogen-bond acceptors (Lipinski definition) is 10. The van der Waals surface area contributed by atoms with Gasteiger partial charge in [-0.05, 0) is 52.7 Å². The lowest BCUT2D eigenvalue weighted by Crippen LogP contribution is -2.52. The molecule has 2 aliphatic rings. The number of aromatic nitrogens is 4. The number of aryl methyl sites for hydroxylation is 2. The van der Waals surface area contributed by atoms with E-state index in [2.05, 4.69) is 9.97 Å². The average Bonchev–Trinajstić information content (AvgIpc) is 3.13. The molecular weight excluding hydrogens is 696 g/mol. The standard InChI is InChI=1S/2C20H26N2O5/c2*1-15-9-22(18(24)21-17(15)23)11-20(13-26-19(2,3)27-14-20)12-25-10-16-7-5-4-6-8-16/h2*4-9H,10-14H2,1-3H3,(H,21,23,24). The molecule has 2 N–H and O–H groups in total. The van der Waals surface area contributed by atoms with E-state index >= 15 is 0 Å². The van der Waals surface area contributed by atoms with E-state index in [0.717, 1.165) is 11.1 Å². The number of benzene rings is 2. The average molecular weight is 749 g/mol. The van der Waals surface area contributed by atoms with Gasteiger partial charge in [-0.15, -0.1) is 0 Å². The Balaban J connectivity index is 0.000000208. The van der Waals surface area contributed by atoms with E-state index < -0.39 is 33.8 Å². The molecule has 4 aromatic rings. The maximum absolute atomic E-state index is 12.2. The van der Waals surface area contributed by atoms with Crippen molar-refractivity contribution in [2.75, 3.05) is 39.6 Å². The van der Waals surface area contributed by atoms with Gasteiger partial charge < -0.3 is 28.4 Å². The minimum absolute atomic E-state index is 0.328. The summed E-state index contributed by atoms with van der Waals surface area (Å²) in [7, 11) is 0. The van der Waals surface area contributed by atoms with Crippen molar-refractivity contribution in [1.82, 2.24) is 19.1 Å². The Hall–Kier alpha value is -4.44. The zero-order valence-corrected chi connectivity index (χ0v) is 32.0. The summed E-state index contributed by atoms with van der Waals surface area (Å²) in [5.41, 5.74) is 0.408. The molecule has 54 heavy (non-hydrogen) atoms. The summed E-state index contributed by atoms with van der Waals surface area (Å²) in [6, 6.07) is 19.8. The van der Waals surface area contributed by atoms with Gasteiger partial charge in [0.1, 0.15) is 0 Å². The molecule has 0 aliphatic carbocycles. The summed E-state index contributed by atoms with van der Waals surface area (Å²) in [6.07, 6.45) is 3.14. The molecule has 2 aromatic heterocycles. The van der Waals surface area contributed by atoms with Gasteiger partial charge in [-0.3, -0.25) is 28.7 Å². The van der Waals surface area contributed by atoms with E-state index in [-0.39, 0.29) is 11.1 Å². The normalized spacial score (nSPS) is 18.3. The van der Waals surface area contributed by atoms with Gasteiger partial charge in [0.05, 0.1) is 63.7 Å². The van der Waals surface area contributed by atoms with Gasteiger partial charge in [-0.1, -0.05) is 60.7 Å². The first-order chi connectivity index (χ1) is 25.6. The van der Waals surface area contributed by atoms with Crippen LogP contribution in [0.4, 0.5) is 0 Å². The number of hydrogen-bond donors (Lipinski definition) is 2. The largest absolute Gasteiger partial charge is 0.376 e. The van der Waals surface area contributed by atoms with Crippen LogP contribution in [0, 0.1) is 24.7 Å². The predicted octanol–water partition coefficient (Wildman–Crippen LogP) is 3.66. The highest BCUT2D eigenvalue weighted by Crippen LogP contribution is 2.33. The van der Waals surface area contributed by atoms with Crippen LogP contribution in [0.2, 0.25) is 0 Å². The zero-order chi connectivity index (χ0) is 39.0. The number of ether oxygens (including phenoxy) is 6. The van der Waals surface area contributed by atoms with Crippen molar-refractivity contribution in [2.45, 2.75) is 79.4 Å². The molecular formula is C40H52N4O10. The first-order valence-corrected chi connectivity index (χ1v) is 18.0. The van der Waals surface area contributed by atoms with Crippen molar-refractivity contribution in [3.63, 3.8) is 0 Å². The Bertz CT molecular complexity index is 1900. The van der Waals surface area contributed by atoms with Gasteiger partial charge in [0.25, 0.3) is 11.1 Å². The van der Waals surface area contributed by atoms with E-state index in [1.54, 1.807) is 26.2 Å². The Morgan fingerprint density at radius 1 is 0.574 bits per heavy atom. The lowest BCUT2D eigenvalue weighted by molar-refractivity contribution is -0.295. The minimum Gasteiger partial charge on any atom is -0.376 e. The Labute approximate surface area is 314 Å². The molecule has 14 nitrogen and oxygen atoms in total. The van der Waals surface area contributed by atoms with Crippen molar-refractivity contribution < 1.29 is 28.4 Å². The van der Waals surface area contributed by atoms with E-state index in [0.29, 0.717) is 77.1 Å². The molecule has 0 radical (unpaired) electrons. The van der Waals surface area contributed by atoms with Crippen LogP contribution in [0.3, 0.4) is 0 Å². The summed E-state index contributed by atoms with van der Waals surface area (Å²) < 4.78 is 38.3. The van der Waals surface area contributed by atoms with Crippen molar-refractivity contribution in [2.24, 2.45) is 10.8 Å². The molecule has 0 atom stereocenters. The summed E-state index contributed by atoms with van der Waals surface area (Å²) in [5.74, 6) is -1.34. The minimum atomic E-state index is -0.672. The molecule has 2 aliphatic heterocycles. The van der Waals surface area contributed by atoms with Gasteiger partial charge in [0.2, 0.25) is 0 Å². The third kappa shape index (κ3) is 11.3. The summed E-state index contributed by atoms with van der Waals surface area (Å²) in [6.45, 7) is 14.6. The predicted molar refractivity (Wildman–Crippen MR) is 201 cm³/mol. The van der Waals surface area contributed by atoms with Crippen LogP contribution in [-0.4, -0.2) is 70.3 Å². The summed E-state index contributed by atoms with van der Waals surface area (Å²) in [5, 5.41) is 0. The maximum Gasteiger partial charge on any atom is 0.328 e. The van der Waals surface area contributed by atoms with Crippen molar-refractivity contribution in [1.29, 1.82) is 0 Å². The highest BCUT2D eigenvalue weighted by Gasteiger charge is 2.42. The fraction of sp³-hybridized carbons (Fsp3) is 0.500. The fourth-order valence-corrected chi connectivity index (χ4v) is 6.03. The molecule has 0 unspecified atom stereocenters. The second-order valence-corrected chi connectivity index (χ2v) is 15.3. The zero-order valence-electron chi connectivity index (χ0n) is 32.0. The molecule has 6 rings (SSSR count). The molecule has 0 bridgehead atoms. The lowest BCUT2D eigenvalue weighted by atomic mass is 9.89. The number of nitrogens with zero attached hydrogens (tertiary/aromatic N) is 2. The SMILES string of the molecule is Cc1cn(CC2(COCc3ccccc3)COC(C)(C)OC2)c(=O)[nH]c1=O.Cc1cn(CC2(COCc3ccccc3)COC(C)(C)OC2)c(=O)[nH]c1=O. The number of aromatic amines is 2. The molecule has 14 heteroatoms. The van der Waals surface area contributed by atoms with Gasteiger partial charge in [0, 0.05) is 36.6 Å². The van der Waals surface area contributed by atoms with Gasteiger partial charge in [-0.25, -0.2) is 9.59 Å². The lowest BCUT2D eigenvalue weighted by Gasteiger charge is -2.43. The van der Waals surface area contributed by atoms with Crippen molar-refractivity contribution in [3.05, 3.63) is 137 Å². The Morgan fingerprint density at radius 3 is 1.24 bits per heavy atom. The van der Waals surface area contributed by atoms with E-state index in [1.807, 2.05) is 88.4 Å². The molecule has 2 fully saturated rings. The van der Waals surface area contributed by atoms with E-state index in [4.69, 9.17) is 28.4 Å². The van der Waals surface area contributed by atoms with Crippen LogP contribution in [0.5, 0.6) is 0 Å². The second-order valence-electron chi connectivity index (χ2n) is 15.3. The highest BCUT2D eigenvalue weighted by atomic mass is 16.7. The van der Waals surface area contributed by atoms with Crippen LogP contribution < -0.4 is 22.5 Å². The molecule has 0 saturated carbocycles. The molecule has 292 valence electrons. The van der Waals surface area contributed by atoms with E-state index in [9.17, 15) is 19.2 Å². The number of rotatable bonds is 12. The second kappa shape index (κ2) is 17.4. The first-order valence-electron chi connectivity index (χ1n) is 18.0.